The van der Waals surface area contributed by atoms with Crippen LogP contribution in [0.25, 0.3) is 10.1 Å². The number of thiophene rings is 1. The quantitative estimate of drug-likeness (QED) is 0.831. The van der Waals surface area contributed by atoms with Crippen molar-refractivity contribution in [1.29, 1.82) is 0 Å². The van der Waals surface area contributed by atoms with Crippen LogP contribution in [0.1, 0.15) is 43.0 Å². The van der Waals surface area contributed by atoms with Gasteiger partial charge in [0.05, 0.1) is 0 Å². The summed E-state index contributed by atoms with van der Waals surface area (Å²) in [6.45, 7) is 5.62. The van der Waals surface area contributed by atoms with Crippen molar-refractivity contribution < 1.29 is 0 Å². The molecule has 0 unspecified atom stereocenters. The second kappa shape index (κ2) is 4.95. The van der Waals surface area contributed by atoms with E-state index >= 15 is 0 Å². The van der Waals surface area contributed by atoms with E-state index in [9.17, 15) is 0 Å². The Hall–Kier alpha value is -0.380. The van der Waals surface area contributed by atoms with Crippen LogP contribution < -0.4 is 5.32 Å². The first-order valence-corrected chi connectivity index (χ1v) is 8.21. The first-order chi connectivity index (χ1) is 8.66. The topological polar surface area (TPSA) is 12.0 Å². The smallest absolute Gasteiger partial charge is 0.0491 e. The van der Waals surface area contributed by atoms with Gasteiger partial charge in [0.25, 0.3) is 0 Å². The zero-order chi connectivity index (χ0) is 12.7. The molecular weight excluding hydrogens is 306 g/mol. The molecule has 3 heteroatoms. The fourth-order valence-corrected chi connectivity index (χ4v) is 4.36. The summed E-state index contributed by atoms with van der Waals surface area (Å²) in [5.41, 5.74) is 1.53. The van der Waals surface area contributed by atoms with E-state index in [1.807, 2.05) is 11.3 Å². The summed E-state index contributed by atoms with van der Waals surface area (Å²) >= 11 is 5.62. The number of fused-ring (bicyclic) bond motifs is 1. The molecule has 0 spiro atoms. The van der Waals surface area contributed by atoms with Crippen LogP contribution in [0.2, 0.25) is 0 Å². The van der Waals surface area contributed by atoms with Gasteiger partial charge in [-0.15, -0.1) is 11.3 Å². The highest BCUT2D eigenvalue weighted by Gasteiger charge is 2.22. The highest BCUT2D eigenvalue weighted by atomic mass is 79.9. The monoisotopic (exact) mass is 323 g/mol. The van der Waals surface area contributed by atoms with E-state index in [2.05, 4.69) is 53.3 Å². The number of rotatable bonds is 4. The van der Waals surface area contributed by atoms with Crippen LogP contribution >= 0.6 is 27.3 Å². The molecule has 0 atom stereocenters. The van der Waals surface area contributed by atoms with Gasteiger partial charge >= 0.3 is 0 Å². The first-order valence-electron chi connectivity index (χ1n) is 6.60. The van der Waals surface area contributed by atoms with E-state index in [0.29, 0.717) is 5.92 Å². The predicted molar refractivity (Wildman–Crippen MR) is 83.5 cm³/mol. The molecule has 18 heavy (non-hydrogen) atoms. The van der Waals surface area contributed by atoms with Crippen molar-refractivity contribution in [2.24, 2.45) is 0 Å². The molecule has 0 aliphatic heterocycles. The number of hydrogen-bond acceptors (Lipinski definition) is 2. The van der Waals surface area contributed by atoms with Crippen LogP contribution in [-0.2, 0) is 6.54 Å². The lowest BCUT2D eigenvalue weighted by Crippen LogP contribution is -2.15. The molecule has 1 aliphatic carbocycles. The van der Waals surface area contributed by atoms with Gasteiger partial charge in [-0.3, -0.25) is 0 Å². The van der Waals surface area contributed by atoms with Crippen molar-refractivity contribution in [2.75, 3.05) is 0 Å². The van der Waals surface area contributed by atoms with Crippen molar-refractivity contribution in [3.8, 4) is 0 Å². The third-order valence-corrected chi connectivity index (χ3v) is 5.67. The van der Waals surface area contributed by atoms with Gasteiger partial charge in [0.1, 0.15) is 0 Å². The average molecular weight is 324 g/mol. The Bertz CT molecular complexity index is 569. The Morgan fingerprint density at radius 2 is 2.17 bits per heavy atom. The summed E-state index contributed by atoms with van der Waals surface area (Å²) in [5, 5.41) is 5.07. The fraction of sp³-hybridized carbons (Fsp3) is 0.467. The lowest BCUT2D eigenvalue weighted by molar-refractivity contribution is 0.686. The first kappa shape index (κ1) is 12.6. The Labute approximate surface area is 121 Å². The van der Waals surface area contributed by atoms with E-state index in [1.165, 1.54) is 37.8 Å². The molecule has 0 amide bonds. The molecule has 1 saturated carbocycles. The number of benzene rings is 1. The van der Waals surface area contributed by atoms with Gasteiger partial charge < -0.3 is 5.32 Å². The normalized spacial score (nSPS) is 15.8. The molecule has 1 nitrogen and oxygen atoms in total. The van der Waals surface area contributed by atoms with Crippen LogP contribution in [-0.4, -0.2) is 6.04 Å². The van der Waals surface area contributed by atoms with Crippen molar-refractivity contribution in [1.82, 2.24) is 5.32 Å². The molecule has 2 aromatic rings. The van der Waals surface area contributed by atoms with E-state index < -0.39 is 0 Å². The van der Waals surface area contributed by atoms with E-state index in [1.54, 1.807) is 0 Å². The summed E-state index contributed by atoms with van der Waals surface area (Å²) in [6.07, 6.45) is 2.71. The molecule has 0 saturated heterocycles. The molecule has 1 heterocycles. The maximum Gasteiger partial charge on any atom is 0.0491 e. The van der Waals surface area contributed by atoms with Gasteiger partial charge in [0.2, 0.25) is 0 Å². The van der Waals surface area contributed by atoms with E-state index in [0.717, 1.165) is 12.6 Å². The molecule has 1 fully saturated rings. The van der Waals surface area contributed by atoms with Gasteiger partial charge in [-0.05, 0) is 51.7 Å². The van der Waals surface area contributed by atoms with Crippen molar-refractivity contribution >= 4 is 37.4 Å². The van der Waals surface area contributed by atoms with Crippen LogP contribution in [0.15, 0.2) is 22.7 Å². The lowest BCUT2D eigenvalue weighted by Gasteiger charge is -2.09. The molecule has 0 radical (unpaired) electrons. The van der Waals surface area contributed by atoms with Gasteiger partial charge in [-0.2, -0.15) is 0 Å². The minimum absolute atomic E-state index is 0.587. The Balaban J connectivity index is 2.04. The van der Waals surface area contributed by atoms with Crippen LogP contribution in [0.5, 0.6) is 0 Å². The molecule has 1 aliphatic rings. The van der Waals surface area contributed by atoms with Gasteiger partial charge in [-0.1, -0.05) is 26.0 Å². The largest absolute Gasteiger partial charge is 0.309 e. The molecule has 1 aromatic carbocycles. The Morgan fingerprint density at radius 1 is 1.39 bits per heavy atom. The highest BCUT2D eigenvalue weighted by Crippen LogP contribution is 2.39. The zero-order valence-electron chi connectivity index (χ0n) is 10.8. The maximum absolute atomic E-state index is 3.68. The lowest BCUT2D eigenvalue weighted by atomic mass is 9.99. The van der Waals surface area contributed by atoms with Gasteiger partial charge in [0, 0.05) is 26.6 Å². The summed E-state index contributed by atoms with van der Waals surface area (Å²) in [5.74, 6) is 0.587. The second-order valence-corrected chi connectivity index (χ2v) is 7.32. The average Bonchev–Trinajstić information content (AvgIpc) is 3.06. The molecule has 1 aromatic heterocycles. The van der Waals surface area contributed by atoms with Gasteiger partial charge in [0.15, 0.2) is 0 Å². The van der Waals surface area contributed by atoms with E-state index in [4.69, 9.17) is 0 Å². The number of halogens is 1. The van der Waals surface area contributed by atoms with Crippen LogP contribution in [0.3, 0.4) is 0 Å². The second-order valence-electron chi connectivity index (χ2n) is 5.37. The summed E-state index contributed by atoms with van der Waals surface area (Å²) in [6, 6.07) is 7.31. The summed E-state index contributed by atoms with van der Waals surface area (Å²) < 4.78 is 2.62. The maximum atomic E-state index is 3.68. The van der Waals surface area contributed by atoms with Crippen LogP contribution in [0.4, 0.5) is 0 Å². The molecule has 1 N–H and O–H groups in total. The Morgan fingerprint density at radius 3 is 2.83 bits per heavy atom. The highest BCUT2D eigenvalue weighted by molar-refractivity contribution is 9.10. The number of nitrogens with one attached hydrogen (secondary N) is 1. The summed E-state index contributed by atoms with van der Waals surface area (Å²) in [7, 11) is 0. The fourth-order valence-electron chi connectivity index (χ4n) is 2.44. The SMILES string of the molecule is CC(C)c1c(CNC2CC2)sc2c(Br)cccc12. The van der Waals surface area contributed by atoms with Crippen molar-refractivity contribution in [3.63, 3.8) is 0 Å². The molecule has 3 rings (SSSR count). The zero-order valence-corrected chi connectivity index (χ0v) is 13.2. The standard InChI is InChI=1S/C15H18BrNS/c1-9(2)14-11-4-3-5-12(16)15(11)18-13(14)8-17-10-6-7-10/h3-5,9-10,17H,6-8H2,1-2H3. The van der Waals surface area contributed by atoms with Gasteiger partial charge in [-0.25, -0.2) is 0 Å². The number of hydrogen-bond donors (Lipinski definition) is 1. The van der Waals surface area contributed by atoms with Crippen LogP contribution in [0, 0.1) is 0 Å². The molecular formula is C15H18BrNS. The molecule has 96 valence electrons. The summed E-state index contributed by atoms with van der Waals surface area (Å²) in [4.78, 5) is 1.51. The minimum atomic E-state index is 0.587. The minimum Gasteiger partial charge on any atom is -0.309 e. The molecule has 0 bridgehead atoms. The third-order valence-electron chi connectivity index (χ3n) is 3.49. The van der Waals surface area contributed by atoms with Crippen molar-refractivity contribution in [2.45, 2.75) is 45.2 Å². The predicted octanol–water partition coefficient (Wildman–Crippen LogP) is 5.04. The van der Waals surface area contributed by atoms with Crippen molar-refractivity contribution in [3.05, 3.63) is 33.1 Å². The van der Waals surface area contributed by atoms with E-state index in [-0.39, 0.29) is 0 Å². The Kier molecular flexibility index (Phi) is 3.48. The third kappa shape index (κ3) is 2.36.